The quantitative estimate of drug-likeness (QED) is 0.609. The van der Waals surface area contributed by atoms with Gasteiger partial charge in [-0.15, -0.1) is 0 Å². The molecule has 0 heterocycles. The first-order valence-corrected chi connectivity index (χ1v) is 7.68. The minimum Gasteiger partial charge on any atom is -0.481 e. The molecule has 116 valence electrons. The van der Waals surface area contributed by atoms with Gasteiger partial charge in [-0.2, -0.15) is 0 Å². The lowest BCUT2D eigenvalue weighted by atomic mass is 9.94. The number of carboxylic acid groups (broad SMARTS) is 1. The first kappa shape index (κ1) is 16.8. The van der Waals surface area contributed by atoms with Crippen molar-refractivity contribution in [2.75, 3.05) is 6.54 Å². The second-order valence-electron chi connectivity index (χ2n) is 6.34. The molecule has 1 aliphatic rings. The summed E-state index contributed by atoms with van der Waals surface area (Å²) in [7, 11) is 0. The fourth-order valence-electron chi connectivity index (χ4n) is 2.72. The fourth-order valence-corrected chi connectivity index (χ4v) is 2.72. The molecule has 1 fully saturated rings. The predicted molar refractivity (Wildman–Crippen MR) is 78.5 cm³/mol. The molecule has 0 spiro atoms. The number of amides is 2. The zero-order valence-electron chi connectivity index (χ0n) is 12.8. The minimum absolute atomic E-state index is 0.00360. The maximum atomic E-state index is 11.7. The van der Waals surface area contributed by atoms with Crippen molar-refractivity contribution in [3.63, 3.8) is 0 Å². The SMILES string of the molecule is CCCC1CC1NC(=O)NCC(CC(=O)O)CC(C)C. The van der Waals surface area contributed by atoms with Crippen molar-refractivity contribution >= 4 is 12.0 Å². The molecule has 1 saturated carbocycles. The van der Waals surface area contributed by atoms with Crippen LogP contribution in [0.1, 0.15) is 52.9 Å². The molecule has 2 amide bonds. The van der Waals surface area contributed by atoms with E-state index in [1.165, 1.54) is 6.42 Å². The Hall–Kier alpha value is -1.26. The number of hydrogen-bond acceptors (Lipinski definition) is 2. The lowest BCUT2D eigenvalue weighted by Gasteiger charge is -2.18. The predicted octanol–water partition coefficient (Wildman–Crippen LogP) is 2.61. The average molecular weight is 284 g/mol. The third-order valence-electron chi connectivity index (χ3n) is 3.72. The summed E-state index contributed by atoms with van der Waals surface area (Å²) in [4.78, 5) is 22.6. The second-order valence-corrected chi connectivity index (χ2v) is 6.34. The van der Waals surface area contributed by atoms with E-state index >= 15 is 0 Å². The van der Waals surface area contributed by atoms with E-state index in [1.54, 1.807) is 0 Å². The Bertz CT molecular complexity index is 331. The molecular formula is C15H28N2O3. The molecule has 1 rings (SSSR count). The number of urea groups is 1. The van der Waals surface area contributed by atoms with Crippen LogP contribution in [-0.2, 0) is 4.79 Å². The zero-order chi connectivity index (χ0) is 15.1. The summed E-state index contributed by atoms with van der Waals surface area (Å²) in [6.45, 7) is 6.71. The summed E-state index contributed by atoms with van der Waals surface area (Å²) in [6.07, 6.45) is 4.32. The van der Waals surface area contributed by atoms with E-state index in [2.05, 4.69) is 31.4 Å². The van der Waals surface area contributed by atoms with E-state index < -0.39 is 5.97 Å². The number of rotatable bonds is 9. The Morgan fingerprint density at radius 1 is 1.35 bits per heavy atom. The molecule has 0 saturated heterocycles. The zero-order valence-corrected chi connectivity index (χ0v) is 12.8. The van der Waals surface area contributed by atoms with Gasteiger partial charge in [-0.1, -0.05) is 27.2 Å². The van der Waals surface area contributed by atoms with Gasteiger partial charge >= 0.3 is 12.0 Å². The third kappa shape index (κ3) is 6.78. The normalized spacial score (nSPS) is 22.4. The molecule has 0 aromatic rings. The Labute approximate surface area is 121 Å². The van der Waals surface area contributed by atoms with Crippen LogP contribution in [0.2, 0.25) is 0 Å². The topological polar surface area (TPSA) is 78.4 Å². The van der Waals surface area contributed by atoms with Gasteiger partial charge in [0.25, 0.3) is 0 Å². The van der Waals surface area contributed by atoms with Gasteiger partial charge in [-0.05, 0) is 37.0 Å². The standard InChI is InChI=1S/C15H28N2O3/c1-4-5-12-8-13(12)17-15(20)16-9-11(6-10(2)3)7-14(18)19/h10-13H,4-9H2,1-3H3,(H,18,19)(H2,16,17,20). The molecule has 3 unspecified atom stereocenters. The van der Waals surface area contributed by atoms with E-state index in [0.29, 0.717) is 24.4 Å². The van der Waals surface area contributed by atoms with Gasteiger partial charge in [0.1, 0.15) is 0 Å². The Morgan fingerprint density at radius 2 is 2.05 bits per heavy atom. The van der Waals surface area contributed by atoms with Crippen molar-refractivity contribution in [2.24, 2.45) is 17.8 Å². The summed E-state index contributed by atoms with van der Waals surface area (Å²) in [6, 6.07) is 0.158. The van der Waals surface area contributed by atoms with Gasteiger partial charge in [-0.25, -0.2) is 4.79 Å². The highest BCUT2D eigenvalue weighted by molar-refractivity contribution is 5.74. The van der Waals surface area contributed by atoms with Crippen LogP contribution in [0.4, 0.5) is 4.79 Å². The average Bonchev–Trinajstić information content (AvgIpc) is 3.03. The van der Waals surface area contributed by atoms with Crippen molar-refractivity contribution in [1.29, 1.82) is 0 Å². The summed E-state index contributed by atoms with van der Waals surface area (Å²) in [5.41, 5.74) is 0. The lowest BCUT2D eigenvalue weighted by molar-refractivity contribution is -0.138. The van der Waals surface area contributed by atoms with Crippen molar-refractivity contribution < 1.29 is 14.7 Å². The van der Waals surface area contributed by atoms with Crippen LogP contribution < -0.4 is 10.6 Å². The smallest absolute Gasteiger partial charge is 0.315 e. The highest BCUT2D eigenvalue weighted by Crippen LogP contribution is 2.34. The number of carboxylic acids is 1. The Kier molecular flexibility index (Phi) is 6.82. The monoisotopic (exact) mass is 284 g/mol. The molecule has 0 aromatic carbocycles. The molecule has 3 atom stereocenters. The van der Waals surface area contributed by atoms with E-state index in [-0.39, 0.29) is 18.4 Å². The molecule has 0 aliphatic heterocycles. The molecule has 20 heavy (non-hydrogen) atoms. The highest BCUT2D eigenvalue weighted by Gasteiger charge is 2.37. The number of carbonyl (C=O) groups excluding carboxylic acids is 1. The Balaban J connectivity index is 2.24. The highest BCUT2D eigenvalue weighted by atomic mass is 16.4. The Morgan fingerprint density at radius 3 is 2.60 bits per heavy atom. The number of nitrogens with one attached hydrogen (secondary N) is 2. The minimum atomic E-state index is -0.803. The van der Waals surface area contributed by atoms with Crippen molar-refractivity contribution in [3.05, 3.63) is 0 Å². The van der Waals surface area contributed by atoms with Gasteiger partial charge in [0.05, 0.1) is 0 Å². The summed E-state index contributed by atoms with van der Waals surface area (Å²) < 4.78 is 0. The summed E-state index contributed by atoms with van der Waals surface area (Å²) in [5.74, 6) is 0.268. The summed E-state index contributed by atoms with van der Waals surface area (Å²) >= 11 is 0. The van der Waals surface area contributed by atoms with Crippen LogP contribution in [0, 0.1) is 17.8 Å². The van der Waals surface area contributed by atoms with Crippen molar-refractivity contribution in [1.82, 2.24) is 10.6 Å². The van der Waals surface area contributed by atoms with E-state index in [1.807, 2.05) is 0 Å². The van der Waals surface area contributed by atoms with Gasteiger partial charge in [0.2, 0.25) is 0 Å². The van der Waals surface area contributed by atoms with Crippen LogP contribution in [-0.4, -0.2) is 29.7 Å². The van der Waals surface area contributed by atoms with Gasteiger partial charge < -0.3 is 15.7 Å². The van der Waals surface area contributed by atoms with E-state index in [9.17, 15) is 9.59 Å². The second kappa shape index (κ2) is 8.12. The van der Waals surface area contributed by atoms with E-state index in [0.717, 1.165) is 19.3 Å². The van der Waals surface area contributed by atoms with Gasteiger partial charge in [0.15, 0.2) is 0 Å². The molecule has 0 aromatic heterocycles. The van der Waals surface area contributed by atoms with Crippen LogP contribution in [0.15, 0.2) is 0 Å². The lowest BCUT2D eigenvalue weighted by Crippen LogP contribution is -2.40. The number of carbonyl (C=O) groups is 2. The third-order valence-corrected chi connectivity index (χ3v) is 3.72. The maximum absolute atomic E-state index is 11.7. The van der Waals surface area contributed by atoms with Crippen molar-refractivity contribution in [2.45, 2.75) is 58.9 Å². The molecule has 3 N–H and O–H groups in total. The largest absolute Gasteiger partial charge is 0.481 e. The molecule has 5 nitrogen and oxygen atoms in total. The molecular weight excluding hydrogens is 256 g/mol. The number of hydrogen-bond donors (Lipinski definition) is 3. The molecule has 1 aliphatic carbocycles. The molecule has 0 radical (unpaired) electrons. The fraction of sp³-hybridized carbons (Fsp3) is 0.867. The number of aliphatic carboxylic acids is 1. The summed E-state index contributed by atoms with van der Waals surface area (Å²) in [5, 5.41) is 14.7. The van der Waals surface area contributed by atoms with Crippen LogP contribution >= 0.6 is 0 Å². The van der Waals surface area contributed by atoms with Crippen LogP contribution in [0.5, 0.6) is 0 Å². The van der Waals surface area contributed by atoms with Crippen molar-refractivity contribution in [3.8, 4) is 0 Å². The maximum Gasteiger partial charge on any atom is 0.315 e. The van der Waals surface area contributed by atoms with Crippen LogP contribution in [0.3, 0.4) is 0 Å². The van der Waals surface area contributed by atoms with Gasteiger partial charge in [-0.3, -0.25) is 4.79 Å². The van der Waals surface area contributed by atoms with Crippen LogP contribution in [0.25, 0.3) is 0 Å². The first-order chi connectivity index (χ1) is 9.42. The molecule has 5 heteroatoms. The first-order valence-electron chi connectivity index (χ1n) is 7.68. The van der Waals surface area contributed by atoms with Gasteiger partial charge in [0, 0.05) is 19.0 Å². The molecule has 0 bridgehead atoms. The van der Waals surface area contributed by atoms with E-state index in [4.69, 9.17) is 5.11 Å².